The molecular formula is C15H15ClN2O3S. The molecule has 0 radical (unpaired) electrons. The second-order valence-electron chi connectivity index (χ2n) is 4.48. The van der Waals surface area contributed by atoms with Crippen LogP contribution < -0.4 is 10.1 Å². The number of hydrogen-bond acceptors (Lipinski definition) is 5. The van der Waals surface area contributed by atoms with Crippen LogP contribution in [0, 0.1) is 0 Å². The molecule has 0 aliphatic rings. The third kappa shape index (κ3) is 4.54. The number of benzene rings is 1. The number of methoxy groups -OCH3 is 1. The molecule has 22 heavy (non-hydrogen) atoms. The summed E-state index contributed by atoms with van der Waals surface area (Å²) < 4.78 is 5.03. The number of Topliss-reactive ketones (excluding diaryl/α,β-unsaturated/α-hetero) is 1. The first kappa shape index (κ1) is 16.5. The molecule has 1 amide bonds. The fourth-order valence-corrected chi connectivity index (χ4v) is 2.71. The summed E-state index contributed by atoms with van der Waals surface area (Å²) in [5.41, 5.74) is 1.28. The molecule has 0 unspecified atom stereocenters. The van der Waals surface area contributed by atoms with Gasteiger partial charge in [0.15, 0.2) is 10.9 Å². The summed E-state index contributed by atoms with van der Waals surface area (Å²) >= 11 is 6.96. The lowest BCUT2D eigenvalue weighted by Crippen LogP contribution is -2.13. The van der Waals surface area contributed by atoms with Crippen LogP contribution in [0.2, 0.25) is 0 Å². The predicted molar refractivity (Wildman–Crippen MR) is 86.9 cm³/mol. The molecule has 1 heterocycles. The van der Waals surface area contributed by atoms with Gasteiger partial charge in [-0.1, -0.05) is 0 Å². The standard InChI is InChI=1S/C15H15ClN2O3S/c1-21-12-4-2-10(3-5-12)13(19)6-7-14(20)18-15-17-11(8-16)9-22-15/h2-5,9H,6-8H2,1H3,(H,17,18,20). The molecule has 0 atom stereocenters. The van der Waals surface area contributed by atoms with Gasteiger partial charge in [0.2, 0.25) is 5.91 Å². The number of carbonyl (C=O) groups excluding carboxylic acids is 2. The van der Waals surface area contributed by atoms with Gasteiger partial charge in [-0.05, 0) is 24.3 Å². The zero-order chi connectivity index (χ0) is 15.9. The van der Waals surface area contributed by atoms with E-state index in [2.05, 4.69) is 10.3 Å². The Hall–Kier alpha value is -1.92. The zero-order valence-electron chi connectivity index (χ0n) is 12.0. The van der Waals surface area contributed by atoms with Crippen LogP contribution in [0.1, 0.15) is 28.9 Å². The van der Waals surface area contributed by atoms with Crippen molar-refractivity contribution in [2.75, 3.05) is 12.4 Å². The number of carbonyl (C=O) groups is 2. The molecule has 116 valence electrons. The number of alkyl halides is 1. The number of thiazole rings is 1. The van der Waals surface area contributed by atoms with Crippen LogP contribution in [-0.4, -0.2) is 23.8 Å². The Morgan fingerprint density at radius 1 is 1.27 bits per heavy atom. The summed E-state index contributed by atoms with van der Waals surface area (Å²) in [7, 11) is 1.56. The van der Waals surface area contributed by atoms with E-state index in [1.54, 1.807) is 36.8 Å². The van der Waals surface area contributed by atoms with E-state index in [1.165, 1.54) is 11.3 Å². The van der Waals surface area contributed by atoms with Crippen molar-refractivity contribution in [3.05, 3.63) is 40.9 Å². The highest BCUT2D eigenvalue weighted by atomic mass is 35.5. The van der Waals surface area contributed by atoms with Gasteiger partial charge in [-0.3, -0.25) is 9.59 Å². The van der Waals surface area contributed by atoms with Crippen molar-refractivity contribution in [2.24, 2.45) is 0 Å². The molecule has 2 aromatic rings. The van der Waals surface area contributed by atoms with E-state index in [4.69, 9.17) is 16.3 Å². The average Bonchev–Trinajstić information content (AvgIpc) is 3.00. The lowest BCUT2D eigenvalue weighted by Gasteiger charge is -2.03. The van der Waals surface area contributed by atoms with E-state index in [0.717, 1.165) is 5.69 Å². The van der Waals surface area contributed by atoms with Crippen molar-refractivity contribution in [1.82, 2.24) is 4.98 Å². The van der Waals surface area contributed by atoms with Gasteiger partial charge in [-0.15, -0.1) is 22.9 Å². The van der Waals surface area contributed by atoms with E-state index in [9.17, 15) is 9.59 Å². The normalized spacial score (nSPS) is 10.3. The molecule has 0 aliphatic heterocycles. The fourth-order valence-electron chi connectivity index (χ4n) is 1.76. The monoisotopic (exact) mass is 338 g/mol. The third-order valence-corrected chi connectivity index (χ3v) is 4.01. The van der Waals surface area contributed by atoms with Crippen LogP contribution in [0.5, 0.6) is 5.75 Å². The molecular weight excluding hydrogens is 324 g/mol. The number of rotatable bonds is 7. The average molecular weight is 339 g/mol. The maximum atomic E-state index is 12.0. The minimum atomic E-state index is -0.239. The van der Waals surface area contributed by atoms with Gasteiger partial charge in [0.05, 0.1) is 18.7 Å². The number of nitrogens with zero attached hydrogens (tertiary/aromatic N) is 1. The number of anilines is 1. The molecule has 7 heteroatoms. The van der Waals surface area contributed by atoms with Crippen molar-refractivity contribution in [1.29, 1.82) is 0 Å². The van der Waals surface area contributed by atoms with Crippen LogP contribution in [0.15, 0.2) is 29.6 Å². The van der Waals surface area contributed by atoms with Crippen molar-refractivity contribution in [2.45, 2.75) is 18.7 Å². The van der Waals surface area contributed by atoms with Crippen molar-refractivity contribution < 1.29 is 14.3 Å². The zero-order valence-corrected chi connectivity index (χ0v) is 13.5. The number of halogens is 1. The lowest BCUT2D eigenvalue weighted by molar-refractivity contribution is -0.116. The molecule has 1 aromatic carbocycles. The molecule has 0 saturated heterocycles. The molecule has 0 aliphatic carbocycles. The number of hydrogen-bond donors (Lipinski definition) is 1. The minimum Gasteiger partial charge on any atom is -0.497 e. The summed E-state index contributed by atoms with van der Waals surface area (Å²) in [4.78, 5) is 27.9. The first-order chi connectivity index (χ1) is 10.6. The van der Waals surface area contributed by atoms with Crippen molar-refractivity contribution >= 4 is 39.8 Å². The van der Waals surface area contributed by atoms with Crippen molar-refractivity contribution in [3.8, 4) is 5.75 Å². The van der Waals surface area contributed by atoms with Gasteiger partial charge in [-0.25, -0.2) is 4.98 Å². The number of ketones is 1. The van der Waals surface area contributed by atoms with Crippen LogP contribution in [0.4, 0.5) is 5.13 Å². The Bertz CT molecular complexity index is 655. The maximum absolute atomic E-state index is 12.0. The summed E-state index contributed by atoms with van der Waals surface area (Å²) in [6.07, 6.45) is 0.256. The number of amides is 1. The SMILES string of the molecule is COc1ccc(C(=O)CCC(=O)Nc2nc(CCl)cs2)cc1. The number of nitrogens with one attached hydrogen (secondary N) is 1. The molecule has 1 aromatic heterocycles. The third-order valence-electron chi connectivity index (χ3n) is 2.93. The molecule has 0 bridgehead atoms. The van der Waals surface area contributed by atoms with E-state index in [1.807, 2.05) is 0 Å². The van der Waals surface area contributed by atoms with Crippen LogP contribution in [-0.2, 0) is 10.7 Å². The van der Waals surface area contributed by atoms with Crippen LogP contribution in [0.3, 0.4) is 0 Å². The summed E-state index contributed by atoms with van der Waals surface area (Å²) in [5.74, 6) is 0.673. The van der Waals surface area contributed by atoms with E-state index in [-0.39, 0.29) is 24.5 Å². The fraction of sp³-hybridized carbons (Fsp3) is 0.267. The van der Waals surface area contributed by atoms with Crippen molar-refractivity contribution in [3.63, 3.8) is 0 Å². The second-order valence-corrected chi connectivity index (χ2v) is 5.60. The van der Waals surface area contributed by atoms with Gasteiger partial charge in [-0.2, -0.15) is 0 Å². The lowest BCUT2D eigenvalue weighted by atomic mass is 10.1. The highest BCUT2D eigenvalue weighted by Gasteiger charge is 2.11. The Morgan fingerprint density at radius 3 is 2.59 bits per heavy atom. The van der Waals surface area contributed by atoms with Gasteiger partial charge in [0.25, 0.3) is 0 Å². The van der Waals surface area contributed by atoms with E-state index < -0.39 is 0 Å². The van der Waals surface area contributed by atoms with Crippen LogP contribution in [0.25, 0.3) is 0 Å². The minimum absolute atomic E-state index is 0.0848. The largest absolute Gasteiger partial charge is 0.497 e. The van der Waals surface area contributed by atoms with E-state index in [0.29, 0.717) is 22.3 Å². The van der Waals surface area contributed by atoms with Gasteiger partial charge >= 0.3 is 0 Å². The topological polar surface area (TPSA) is 68.3 Å². The molecule has 0 spiro atoms. The maximum Gasteiger partial charge on any atom is 0.226 e. The highest BCUT2D eigenvalue weighted by Crippen LogP contribution is 2.17. The molecule has 5 nitrogen and oxygen atoms in total. The summed E-state index contributed by atoms with van der Waals surface area (Å²) in [6, 6.07) is 6.81. The number of aromatic nitrogens is 1. The van der Waals surface area contributed by atoms with Gasteiger partial charge in [0.1, 0.15) is 5.75 Å². The quantitative estimate of drug-likeness (QED) is 0.619. The Kier molecular flexibility index (Phi) is 5.91. The summed E-state index contributed by atoms with van der Waals surface area (Å²) in [6.45, 7) is 0. The molecule has 2 rings (SSSR count). The second kappa shape index (κ2) is 7.91. The van der Waals surface area contributed by atoms with E-state index >= 15 is 0 Å². The molecule has 0 fully saturated rings. The highest BCUT2D eigenvalue weighted by molar-refractivity contribution is 7.13. The van der Waals surface area contributed by atoms with Gasteiger partial charge < -0.3 is 10.1 Å². The Morgan fingerprint density at radius 2 is 2.00 bits per heavy atom. The Balaban J connectivity index is 1.83. The smallest absolute Gasteiger partial charge is 0.226 e. The first-order valence-electron chi connectivity index (χ1n) is 6.60. The number of ether oxygens (including phenoxy) is 1. The van der Waals surface area contributed by atoms with Gasteiger partial charge in [0, 0.05) is 23.8 Å². The van der Waals surface area contributed by atoms with Crippen LogP contribution >= 0.6 is 22.9 Å². The Labute approximate surface area is 137 Å². The first-order valence-corrected chi connectivity index (χ1v) is 8.01. The molecule has 0 saturated carbocycles. The summed E-state index contributed by atoms with van der Waals surface area (Å²) in [5, 5.41) is 4.94. The molecule has 1 N–H and O–H groups in total. The predicted octanol–water partition coefficient (Wildman–Crippen LogP) is 3.49.